The molecule has 0 aliphatic rings. The molecular weight excluding hydrogens is 864 g/mol. The van der Waals surface area contributed by atoms with Crippen LogP contribution in [0.15, 0.2) is 48.5 Å². The highest BCUT2D eigenvalue weighted by molar-refractivity contribution is 14.2. The molecule has 1 heterocycles. The number of halogens is 1. The first-order chi connectivity index (χ1) is 28.1. The SMILES string of the molecule is CC.[3H]C([3H])(SSI)C(CC(=O)O)N[C@@H](CCCCNC(=O)CCCCCCCCCCCCCCCOc1ccc(-c2ccc(-c3nn[nH]n3)cc2)cc1)C(=O)O. The van der Waals surface area contributed by atoms with E-state index >= 15 is 0 Å². The highest BCUT2D eigenvalue weighted by Crippen LogP contribution is 2.30. The van der Waals surface area contributed by atoms with Gasteiger partial charge in [-0.1, -0.05) is 132 Å². The maximum Gasteiger partial charge on any atom is 0.320 e. The van der Waals surface area contributed by atoms with Crippen LogP contribution in [0.5, 0.6) is 5.75 Å². The number of aromatic nitrogens is 4. The average Bonchev–Trinajstić information content (AvgIpc) is 3.76. The molecule has 2 atom stereocenters. The largest absolute Gasteiger partial charge is 0.494 e. The van der Waals surface area contributed by atoms with Crippen LogP contribution in [-0.2, 0) is 14.4 Å². The number of amides is 1. The van der Waals surface area contributed by atoms with Crippen molar-refractivity contribution >= 4 is 57.8 Å². The number of nitrogens with zero attached hydrogens (tertiary/aromatic N) is 3. The van der Waals surface area contributed by atoms with Crippen LogP contribution < -0.4 is 15.4 Å². The molecule has 12 nitrogen and oxygen atoms in total. The van der Waals surface area contributed by atoms with Gasteiger partial charge in [0.1, 0.15) is 11.8 Å². The van der Waals surface area contributed by atoms with Gasteiger partial charge in [0, 0.05) is 54.2 Å². The van der Waals surface area contributed by atoms with Gasteiger partial charge < -0.3 is 25.6 Å². The average molecular weight is 931 g/mol. The molecule has 0 saturated carbocycles. The van der Waals surface area contributed by atoms with Crippen molar-refractivity contribution in [2.45, 2.75) is 142 Å². The Morgan fingerprint density at radius 1 is 0.804 bits per heavy atom. The number of aliphatic carboxylic acids is 2. The predicted molar refractivity (Wildman–Crippen MR) is 238 cm³/mol. The zero-order valence-corrected chi connectivity index (χ0v) is 36.8. The number of benzene rings is 2. The van der Waals surface area contributed by atoms with Crippen LogP contribution in [0.1, 0.15) is 132 Å². The molecule has 1 amide bonds. The summed E-state index contributed by atoms with van der Waals surface area (Å²) in [5, 5.41) is 38.5. The fraction of sp³-hybridized carbons (Fsp3) is 0.610. The van der Waals surface area contributed by atoms with Gasteiger partial charge in [-0.25, -0.2) is 0 Å². The van der Waals surface area contributed by atoms with E-state index in [2.05, 4.69) is 55.5 Å². The number of carboxylic acid groups (broad SMARTS) is 2. The van der Waals surface area contributed by atoms with E-state index in [0.29, 0.717) is 31.6 Å². The lowest BCUT2D eigenvalue weighted by Crippen LogP contribution is -2.45. The molecule has 1 aromatic heterocycles. The molecule has 0 radical (unpaired) electrons. The monoisotopic (exact) mass is 930 g/mol. The molecule has 56 heavy (non-hydrogen) atoms. The number of unbranched alkanes of at least 4 members (excludes halogenated alkanes) is 13. The normalized spacial score (nSPS) is 12.8. The molecular formula is C41H63IN6O6S2. The Balaban J connectivity index is 0.00000571. The van der Waals surface area contributed by atoms with Crippen LogP contribution in [0.3, 0.4) is 0 Å². The maximum atomic E-state index is 12.2. The fourth-order valence-corrected chi connectivity index (χ4v) is 7.75. The molecule has 312 valence electrons. The number of ether oxygens (including phenoxy) is 1. The van der Waals surface area contributed by atoms with Crippen LogP contribution in [0.25, 0.3) is 22.5 Å². The lowest BCUT2D eigenvalue weighted by Gasteiger charge is -2.21. The number of rotatable bonds is 32. The minimum Gasteiger partial charge on any atom is -0.494 e. The van der Waals surface area contributed by atoms with Gasteiger partial charge in [-0.15, -0.1) is 10.2 Å². The van der Waals surface area contributed by atoms with Gasteiger partial charge in [-0.05, 0) is 68.5 Å². The van der Waals surface area contributed by atoms with Crippen LogP contribution in [0.4, 0.5) is 0 Å². The summed E-state index contributed by atoms with van der Waals surface area (Å²) in [5.74, 6) is -0.875. The van der Waals surface area contributed by atoms with Crippen molar-refractivity contribution in [3.05, 3.63) is 48.5 Å². The predicted octanol–water partition coefficient (Wildman–Crippen LogP) is 10.3. The van der Waals surface area contributed by atoms with E-state index in [4.69, 9.17) is 7.48 Å². The quantitative estimate of drug-likeness (QED) is 0.0228. The van der Waals surface area contributed by atoms with E-state index in [-0.39, 0.29) is 12.3 Å². The number of hydrogen-bond donors (Lipinski definition) is 5. The van der Waals surface area contributed by atoms with Crippen LogP contribution >= 0.6 is 40.0 Å². The van der Waals surface area contributed by atoms with Gasteiger partial charge in [0.2, 0.25) is 11.7 Å². The van der Waals surface area contributed by atoms with Crippen LogP contribution in [-0.4, -0.2) is 79.6 Å². The summed E-state index contributed by atoms with van der Waals surface area (Å²) < 4.78 is 22.2. The van der Waals surface area contributed by atoms with Crippen molar-refractivity contribution in [3.63, 3.8) is 0 Å². The second kappa shape index (κ2) is 32.1. The van der Waals surface area contributed by atoms with Gasteiger partial charge in [0.25, 0.3) is 0 Å². The molecule has 0 aliphatic carbocycles. The molecule has 15 heteroatoms. The summed E-state index contributed by atoms with van der Waals surface area (Å²) in [6.45, 7) is 5.18. The lowest BCUT2D eigenvalue weighted by atomic mass is 10.0. The number of carbonyl (C=O) groups is 3. The van der Waals surface area contributed by atoms with Crippen LogP contribution in [0, 0.1) is 0 Å². The van der Waals surface area contributed by atoms with Crippen molar-refractivity contribution in [2.24, 2.45) is 0 Å². The van der Waals surface area contributed by atoms with Crippen molar-refractivity contribution in [1.82, 2.24) is 31.3 Å². The van der Waals surface area contributed by atoms with Gasteiger partial charge >= 0.3 is 11.9 Å². The first kappa shape index (κ1) is 45.8. The second-order valence-electron chi connectivity index (χ2n) is 13.3. The Hall–Kier alpha value is -2.89. The smallest absolute Gasteiger partial charge is 0.320 e. The summed E-state index contributed by atoms with van der Waals surface area (Å²) in [4.78, 5) is 35.2. The summed E-state index contributed by atoms with van der Waals surface area (Å²) >= 11 is 1.90. The van der Waals surface area contributed by atoms with Crippen LogP contribution in [0.2, 0.25) is 0 Å². The third kappa shape index (κ3) is 22.7. The Bertz CT molecular complexity index is 1540. The molecule has 0 aliphatic heterocycles. The van der Waals surface area contributed by atoms with E-state index in [1.165, 1.54) is 57.8 Å². The molecule has 0 spiro atoms. The summed E-state index contributed by atoms with van der Waals surface area (Å²) in [6.07, 6.45) is 16.6. The van der Waals surface area contributed by atoms with Gasteiger partial charge in [0.05, 0.1) is 13.0 Å². The fourth-order valence-electron chi connectivity index (χ4n) is 6.06. The van der Waals surface area contributed by atoms with Gasteiger partial charge in [0.15, 0.2) is 0 Å². The Kier molecular flexibility index (Phi) is 26.3. The number of carbonyl (C=O) groups excluding carboxylic acids is 1. The number of aromatic amines is 1. The van der Waals surface area contributed by atoms with E-state index < -0.39 is 36.1 Å². The Morgan fingerprint density at radius 2 is 1.36 bits per heavy atom. The van der Waals surface area contributed by atoms with Gasteiger partial charge in [-0.3, -0.25) is 14.4 Å². The van der Waals surface area contributed by atoms with Gasteiger partial charge in [-0.2, -0.15) is 5.21 Å². The van der Waals surface area contributed by atoms with Crippen molar-refractivity contribution in [3.8, 4) is 28.3 Å². The molecule has 3 aromatic rings. The number of hydrogen-bond acceptors (Lipinski definition) is 10. The van der Waals surface area contributed by atoms with E-state index in [9.17, 15) is 24.6 Å². The minimum absolute atomic E-state index is 0.000872. The lowest BCUT2D eigenvalue weighted by molar-refractivity contribution is -0.141. The molecule has 5 N–H and O–H groups in total. The summed E-state index contributed by atoms with van der Waals surface area (Å²) in [5.41, 5.74) is 1.21. The molecule has 0 fully saturated rings. The molecule has 2 aromatic carbocycles. The van der Waals surface area contributed by atoms with Crippen molar-refractivity contribution in [2.75, 3.05) is 18.9 Å². The van der Waals surface area contributed by atoms with E-state index in [1.807, 2.05) is 59.3 Å². The highest BCUT2D eigenvalue weighted by Gasteiger charge is 2.23. The number of tetrazole rings is 1. The number of H-pyrrole nitrogens is 1. The Morgan fingerprint density at radius 3 is 1.89 bits per heavy atom. The minimum atomic E-state index is -1.96. The topological polar surface area (TPSA) is 179 Å². The molecule has 0 saturated heterocycles. The van der Waals surface area contributed by atoms with Crippen molar-refractivity contribution in [1.29, 1.82) is 0 Å². The Labute approximate surface area is 356 Å². The molecule has 0 bridgehead atoms. The third-order valence-electron chi connectivity index (χ3n) is 9.04. The number of nitrogens with one attached hydrogen (secondary N) is 3. The molecule has 1 unspecified atom stereocenters. The molecule has 3 rings (SSSR count). The van der Waals surface area contributed by atoms with E-state index in [1.54, 1.807) is 0 Å². The first-order valence-electron chi connectivity index (χ1n) is 21.1. The maximum absolute atomic E-state index is 12.2. The van der Waals surface area contributed by atoms with Crippen molar-refractivity contribution < 1.29 is 32.1 Å². The second-order valence-corrected chi connectivity index (χ2v) is 18.0. The summed E-state index contributed by atoms with van der Waals surface area (Å²) in [6, 6.07) is 14.1. The summed E-state index contributed by atoms with van der Waals surface area (Å²) in [7, 11) is 1.98. The highest BCUT2D eigenvalue weighted by atomic mass is 127. The number of carboxylic acids is 2. The van der Waals surface area contributed by atoms with E-state index in [0.717, 1.165) is 73.5 Å². The zero-order valence-electron chi connectivity index (χ0n) is 35.0. The standard InChI is InChI=1S/C39H57IN6O6S2.C2H6/c40-54-53-29-33(28-37(48)49)42-35(39(50)51)16-13-14-26-41-36(47)17-12-10-8-6-4-2-1-3-5-7-9-11-15-27-52-34-24-22-31(23-25-34)30-18-20-32(21-19-30)38-43-45-46-44-38;1-2/h18-25,33,35,42H,1-17,26-29H2,(H,41,47)(H,48,49)(H,50,51)(H,43,44,45,46);1-2H3/t33?,35-;/m0./s1/i29T2;. The zero-order chi connectivity index (χ0) is 42.4. The third-order valence-corrected chi connectivity index (χ3v) is 11.6. The first-order valence-corrected chi connectivity index (χ1v) is 24.8.